The van der Waals surface area contributed by atoms with Gasteiger partial charge >= 0.3 is 0 Å². The number of pyridine rings is 1. The number of carbonyl (C=O) groups excluding carboxylic acids is 1. The molecule has 6 nitrogen and oxygen atoms in total. The third-order valence-corrected chi connectivity index (χ3v) is 4.43. The lowest BCUT2D eigenvalue weighted by Gasteiger charge is -2.31. The zero-order valence-corrected chi connectivity index (χ0v) is 15.2. The molecule has 0 bridgehead atoms. The maximum Gasteiger partial charge on any atom is 0.240 e. The molecule has 1 aromatic rings. The van der Waals surface area contributed by atoms with E-state index in [2.05, 4.69) is 17.1 Å². The van der Waals surface area contributed by atoms with Crippen molar-refractivity contribution in [3.05, 3.63) is 28.2 Å². The van der Waals surface area contributed by atoms with Crippen LogP contribution in [-0.4, -0.2) is 41.6 Å². The summed E-state index contributed by atoms with van der Waals surface area (Å²) in [5.41, 5.74) is 0.715. The summed E-state index contributed by atoms with van der Waals surface area (Å²) in [4.78, 5) is 26.6. The highest BCUT2D eigenvalue weighted by atomic mass is 16.5. The lowest BCUT2D eigenvalue weighted by molar-refractivity contribution is -0.122. The Bertz CT molecular complexity index is 616. The average molecular weight is 335 g/mol. The van der Waals surface area contributed by atoms with Crippen LogP contribution in [0.4, 0.5) is 0 Å². The van der Waals surface area contributed by atoms with Gasteiger partial charge < -0.3 is 14.6 Å². The van der Waals surface area contributed by atoms with Crippen LogP contribution in [0.3, 0.4) is 0 Å². The molecule has 0 atom stereocenters. The Morgan fingerprint density at radius 2 is 2.04 bits per heavy atom. The summed E-state index contributed by atoms with van der Waals surface area (Å²) in [5, 5.41) is 2.89. The number of hydrogen-bond acceptors (Lipinski definition) is 4. The third kappa shape index (κ3) is 5.09. The molecule has 0 aliphatic carbocycles. The number of rotatable bonds is 6. The first kappa shape index (κ1) is 18.5. The van der Waals surface area contributed by atoms with Gasteiger partial charge in [0.25, 0.3) is 0 Å². The van der Waals surface area contributed by atoms with E-state index in [9.17, 15) is 9.59 Å². The Labute approximate surface area is 143 Å². The Hall–Kier alpha value is -1.82. The number of carbonyl (C=O) groups is 1. The lowest BCUT2D eigenvalue weighted by atomic mass is 9.99. The number of nitrogens with one attached hydrogen (secondary N) is 1. The number of hydrogen-bond donors (Lipinski definition) is 1. The van der Waals surface area contributed by atoms with Gasteiger partial charge in [0.1, 0.15) is 6.54 Å². The van der Waals surface area contributed by atoms with E-state index in [0.29, 0.717) is 6.54 Å². The van der Waals surface area contributed by atoms with Gasteiger partial charge in [-0.15, -0.1) is 0 Å². The van der Waals surface area contributed by atoms with Gasteiger partial charge in [0.05, 0.1) is 13.3 Å². The number of aromatic nitrogens is 1. The van der Waals surface area contributed by atoms with Gasteiger partial charge in [0, 0.05) is 24.3 Å². The summed E-state index contributed by atoms with van der Waals surface area (Å²) in [6, 6.07) is 1.69. The van der Waals surface area contributed by atoms with Crippen molar-refractivity contribution in [3.8, 4) is 5.75 Å². The summed E-state index contributed by atoms with van der Waals surface area (Å²) in [7, 11) is 1.47. The molecule has 1 aliphatic heterocycles. The van der Waals surface area contributed by atoms with Crippen LogP contribution in [0.1, 0.15) is 39.3 Å². The minimum absolute atomic E-state index is 0.0655. The molecule has 0 saturated carbocycles. The van der Waals surface area contributed by atoms with E-state index < -0.39 is 0 Å². The van der Waals surface area contributed by atoms with E-state index >= 15 is 0 Å². The second-order valence-corrected chi connectivity index (χ2v) is 7.01. The fourth-order valence-electron chi connectivity index (χ4n) is 3.00. The summed E-state index contributed by atoms with van der Waals surface area (Å²) >= 11 is 0. The fourth-order valence-corrected chi connectivity index (χ4v) is 3.00. The second-order valence-electron chi connectivity index (χ2n) is 7.01. The average Bonchev–Trinajstić information content (AvgIpc) is 2.51. The van der Waals surface area contributed by atoms with Crippen molar-refractivity contribution in [3.63, 3.8) is 0 Å². The fraction of sp³-hybridized carbons (Fsp3) is 0.667. The van der Waals surface area contributed by atoms with Crippen molar-refractivity contribution in [2.75, 3.05) is 20.2 Å². The van der Waals surface area contributed by atoms with Crippen LogP contribution in [-0.2, 0) is 17.9 Å². The van der Waals surface area contributed by atoms with Crippen LogP contribution in [0.5, 0.6) is 5.75 Å². The summed E-state index contributed by atoms with van der Waals surface area (Å²) in [5.74, 6) is 0.962. The Morgan fingerprint density at radius 3 is 2.62 bits per heavy atom. The van der Waals surface area contributed by atoms with Gasteiger partial charge in [-0.25, -0.2) is 0 Å². The molecule has 1 aromatic heterocycles. The first-order chi connectivity index (χ1) is 11.4. The predicted octanol–water partition coefficient (Wildman–Crippen LogP) is 1.61. The van der Waals surface area contributed by atoms with E-state index in [1.807, 2.05) is 18.4 Å². The van der Waals surface area contributed by atoms with Crippen molar-refractivity contribution in [1.82, 2.24) is 14.8 Å². The first-order valence-electron chi connectivity index (χ1n) is 8.68. The Kier molecular flexibility index (Phi) is 6.43. The molecule has 2 heterocycles. The second kappa shape index (κ2) is 8.33. The number of piperidine rings is 1. The van der Waals surface area contributed by atoms with E-state index in [0.717, 1.165) is 24.7 Å². The monoisotopic (exact) mass is 335 g/mol. The van der Waals surface area contributed by atoms with Crippen molar-refractivity contribution in [2.24, 2.45) is 5.92 Å². The zero-order chi connectivity index (χ0) is 17.7. The van der Waals surface area contributed by atoms with Crippen LogP contribution in [0.2, 0.25) is 0 Å². The van der Waals surface area contributed by atoms with Crippen LogP contribution < -0.4 is 15.5 Å². The van der Waals surface area contributed by atoms with Crippen LogP contribution >= 0.6 is 0 Å². The highest BCUT2D eigenvalue weighted by molar-refractivity contribution is 5.76. The minimum Gasteiger partial charge on any atom is -0.491 e. The van der Waals surface area contributed by atoms with Crippen molar-refractivity contribution < 1.29 is 9.53 Å². The molecule has 6 heteroatoms. The molecule has 0 radical (unpaired) electrons. The SMILES string of the molecule is COc1cn(CC(=O)NC(C)C)c(CN2CCC(C)CC2)cc1=O. The molecule has 1 N–H and O–H groups in total. The zero-order valence-electron chi connectivity index (χ0n) is 15.2. The van der Waals surface area contributed by atoms with Crippen molar-refractivity contribution >= 4 is 5.91 Å². The highest BCUT2D eigenvalue weighted by Crippen LogP contribution is 2.18. The van der Waals surface area contributed by atoms with Gasteiger partial charge in [-0.3, -0.25) is 14.5 Å². The minimum atomic E-state index is -0.140. The quantitative estimate of drug-likeness (QED) is 0.858. The number of ether oxygens (including phenoxy) is 1. The predicted molar refractivity (Wildman–Crippen MR) is 94.2 cm³/mol. The summed E-state index contributed by atoms with van der Waals surface area (Å²) in [6.07, 6.45) is 3.99. The number of methoxy groups -OCH3 is 1. The molecule has 2 rings (SSSR count). The van der Waals surface area contributed by atoms with E-state index in [4.69, 9.17) is 4.74 Å². The molecule has 1 fully saturated rings. The van der Waals surface area contributed by atoms with Gasteiger partial charge in [0.2, 0.25) is 11.3 Å². The topological polar surface area (TPSA) is 63.6 Å². The third-order valence-electron chi connectivity index (χ3n) is 4.43. The summed E-state index contributed by atoms with van der Waals surface area (Å²) in [6.45, 7) is 9.06. The van der Waals surface area contributed by atoms with Crippen LogP contribution in [0, 0.1) is 5.92 Å². The van der Waals surface area contributed by atoms with Gasteiger partial charge in [-0.05, 0) is 45.7 Å². The number of likely N-dealkylation sites (tertiary alicyclic amines) is 1. The molecular formula is C18H29N3O3. The Morgan fingerprint density at radius 1 is 1.38 bits per heavy atom. The van der Waals surface area contributed by atoms with Gasteiger partial charge in [0.15, 0.2) is 5.75 Å². The molecule has 0 unspecified atom stereocenters. The molecule has 1 saturated heterocycles. The molecule has 0 spiro atoms. The van der Waals surface area contributed by atoms with E-state index in [1.165, 1.54) is 20.0 Å². The smallest absolute Gasteiger partial charge is 0.240 e. The summed E-state index contributed by atoms with van der Waals surface area (Å²) < 4.78 is 6.96. The largest absolute Gasteiger partial charge is 0.491 e. The normalized spacial score (nSPS) is 16.4. The van der Waals surface area contributed by atoms with Crippen molar-refractivity contribution in [2.45, 2.75) is 52.7 Å². The maximum absolute atomic E-state index is 12.1. The Balaban J connectivity index is 2.19. The van der Waals surface area contributed by atoms with E-state index in [1.54, 1.807) is 12.3 Å². The number of nitrogens with zero attached hydrogens (tertiary/aromatic N) is 2. The van der Waals surface area contributed by atoms with Crippen LogP contribution in [0.25, 0.3) is 0 Å². The molecular weight excluding hydrogens is 306 g/mol. The standard InChI is InChI=1S/C18H29N3O3/c1-13(2)19-18(23)12-21-11-17(24-4)16(22)9-15(21)10-20-7-5-14(3)6-8-20/h9,11,13-14H,5-8,10,12H2,1-4H3,(H,19,23). The lowest BCUT2D eigenvalue weighted by Crippen LogP contribution is -2.36. The molecule has 1 amide bonds. The number of amides is 1. The highest BCUT2D eigenvalue weighted by Gasteiger charge is 2.18. The van der Waals surface area contributed by atoms with Crippen LogP contribution in [0.15, 0.2) is 17.1 Å². The van der Waals surface area contributed by atoms with E-state index in [-0.39, 0.29) is 29.7 Å². The van der Waals surface area contributed by atoms with Gasteiger partial charge in [-0.2, -0.15) is 0 Å². The van der Waals surface area contributed by atoms with Gasteiger partial charge in [-0.1, -0.05) is 6.92 Å². The molecule has 1 aliphatic rings. The molecule has 24 heavy (non-hydrogen) atoms. The molecule has 0 aromatic carbocycles. The van der Waals surface area contributed by atoms with Crippen molar-refractivity contribution in [1.29, 1.82) is 0 Å². The maximum atomic E-state index is 12.1. The first-order valence-corrected chi connectivity index (χ1v) is 8.68. The molecule has 134 valence electrons.